The molecule has 0 aromatic rings. The van der Waals surface area contributed by atoms with Crippen molar-refractivity contribution < 1.29 is 9.90 Å². The van der Waals surface area contributed by atoms with Crippen LogP contribution in [0, 0.1) is 17.8 Å². The van der Waals surface area contributed by atoms with E-state index in [-0.39, 0.29) is 11.8 Å². The summed E-state index contributed by atoms with van der Waals surface area (Å²) in [4.78, 5) is 11.9. The van der Waals surface area contributed by atoms with Gasteiger partial charge in [-0.3, -0.25) is 4.79 Å². The van der Waals surface area contributed by atoms with Crippen LogP contribution in [-0.4, -0.2) is 23.2 Å². The van der Waals surface area contributed by atoms with Crippen LogP contribution in [0.3, 0.4) is 0 Å². The first kappa shape index (κ1) is 15.5. The fraction of sp³-hybridized carbons (Fsp3) is 0.933. The Morgan fingerprint density at radius 3 is 2.67 bits per heavy atom. The number of carbonyl (C=O) groups excluding carboxylic acids is 1. The number of rotatable bonds is 5. The van der Waals surface area contributed by atoms with Gasteiger partial charge in [0, 0.05) is 13.0 Å². The minimum absolute atomic E-state index is 0.0926. The minimum atomic E-state index is -0.810. The second-order valence-electron chi connectivity index (χ2n) is 6.63. The van der Waals surface area contributed by atoms with Gasteiger partial charge in [-0.25, -0.2) is 0 Å². The zero-order chi connectivity index (χ0) is 13.8. The monoisotopic (exact) mass is 255 g/mol. The molecule has 1 rings (SSSR count). The maximum Gasteiger partial charge on any atom is 0.220 e. The van der Waals surface area contributed by atoms with Gasteiger partial charge in [0.15, 0.2) is 0 Å². The van der Waals surface area contributed by atoms with Crippen molar-refractivity contribution in [3.63, 3.8) is 0 Å². The molecule has 106 valence electrons. The number of hydrogen-bond donors (Lipinski definition) is 2. The van der Waals surface area contributed by atoms with Crippen molar-refractivity contribution in [1.29, 1.82) is 0 Å². The van der Waals surface area contributed by atoms with E-state index >= 15 is 0 Å². The summed E-state index contributed by atoms with van der Waals surface area (Å²) in [5.74, 6) is 1.54. The molecule has 2 N–H and O–H groups in total. The molecular weight excluding hydrogens is 226 g/mol. The first-order valence-electron chi connectivity index (χ1n) is 7.30. The topological polar surface area (TPSA) is 49.3 Å². The Morgan fingerprint density at radius 2 is 2.11 bits per heavy atom. The molecule has 3 nitrogen and oxygen atoms in total. The minimum Gasteiger partial charge on any atom is -0.388 e. The van der Waals surface area contributed by atoms with E-state index in [0.29, 0.717) is 18.9 Å². The van der Waals surface area contributed by atoms with Crippen LogP contribution >= 0.6 is 0 Å². The van der Waals surface area contributed by atoms with Crippen LogP contribution in [0.4, 0.5) is 0 Å². The Hall–Kier alpha value is -0.570. The molecular formula is C15H29NO2. The van der Waals surface area contributed by atoms with Crippen molar-refractivity contribution in [3.05, 3.63) is 0 Å². The molecule has 0 aromatic carbocycles. The molecule has 1 aliphatic rings. The zero-order valence-electron chi connectivity index (χ0n) is 12.3. The summed E-state index contributed by atoms with van der Waals surface area (Å²) in [5, 5.41) is 13.0. The predicted octanol–water partition coefficient (Wildman–Crippen LogP) is 2.73. The van der Waals surface area contributed by atoms with E-state index < -0.39 is 5.60 Å². The summed E-state index contributed by atoms with van der Waals surface area (Å²) >= 11 is 0. The maximum absolute atomic E-state index is 11.9. The highest BCUT2D eigenvalue weighted by atomic mass is 16.3. The lowest BCUT2D eigenvalue weighted by atomic mass is 9.80. The smallest absolute Gasteiger partial charge is 0.220 e. The van der Waals surface area contributed by atoms with Crippen LogP contribution in [0.15, 0.2) is 0 Å². The fourth-order valence-corrected chi connectivity index (χ4v) is 2.56. The second-order valence-corrected chi connectivity index (χ2v) is 6.63. The molecule has 0 bridgehead atoms. The largest absolute Gasteiger partial charge is 0.388 e. The van der Waals surface area contributed by atoms with E-state index in [1.807, 2.05) is 13.8 Å². The van der Waals surface area contributed by atoms with Gasteiger partial charge in [-0.05, 0) is 37.5 Å². The third-order valence-corrected chi connectivity index (χ3v) is 4.41. The van der Waals surface area contributed by atoms with Crippen molar-refractivity contribution in [2.24, 2.45) is 17.8 Å². The SMILES string of the molecule is CC1CCCC(CC(=O)NCC(C)(O)C(C)C)C1. The molecule has 0 aromatic heterocycles. The summed E-state index contributed by atoms with van der Waals surface area (Å²) in [6, 6.07) is 0. The van der Waals surface area contributed by atoms with Gasteiger partial charge >= 0.3 is 0 Å². The molecule has 0 aliphatic heterocycles. The van der Waals surface area contributed by atoms with Gasteiger partial charge in [-0.1, -0.05) is 33.6 Å². The lowest BCUT2D eigenvalue weighted by Crippen LogP contribution is -2.44. The zero-order valence-corrected chi connectivity index (χ0v) is 12.3. The fourth-order valence-electron chi connectivity index (χ4n) is 2.56. The van der Waals surface area contributed by atoms with E-state index in [0.717, 1.165) is 5.92 Å². The van der Waals surface area contributed by atoms with Crippen LogP contribution in [0.25, 0.3) is 0 Å². The molecule has 0 spiro atoms. The highest BCUT2D eigenvalue weighted by Crippen LogP contribution is 2.30. The van der Waals surface area contributed by atoms with Gasteiger partial charge in [0.25, 0.3) is 0 Å². The third-order valence-electron chi connectivity index (χ3n) is 4.41. The summed E-state index contributed by atoms with van der Waals surface area (Å²) in [5.41, 5.74) is -0.810. The highest BCUT2D eigenvalue weighted by molar-refractivity contribution is 5.76. The molecule has 1 aliphatic carbocycles. The lowest BCUT2D eigenvalue weighted by molar-refractivity contribution is -0.123. The molecule has 18 heavy (non-hydrogen) atoms. The quantitative estimate of drug-likeness (QED) is 0.793. The number of aliphatic hydroxyl groups is 1. The van der Waals surface area contributed by atoms with Crippen LogP contribution in [0.2, 0.25) is 0 Å². The molecule has 0 saturated heterocycles. The third kappa shape index (κ3) is 4.97. The first-order chi connectivity index (χ1) is 8.31. The summed E-state index contributed by atoms with van der Waals surface area (Å²) in [6.07, 6.45) is 5.54. The van der Waals surface area contributed by atoms with Gasteiger partial charge in [-0.2, -0.15) is 0 Å². The van der Waals surface area contributed by atoms with Crippen molar-refractivity contribution in [1.82, 2.24) is 5.32 Å². The highest BCUT2D eigenvalue weighted by Gasteiger charge is 2.26. The van der Waals surface area contributed by atoms with Gasteiger partial charge in [0.05, 0.1) is 5.60 Å². The number of nitrogens with one attached hydrogen (secondary N) is 1. The molecule has 1 fully saturated rings. The van der Waals surface area contributed by atoms with Gasteiger partial charge in [-0.15, -0.1) is 0 Å². The molecule has 0 heterocycles. The van der Waals surface area contributed by atoms with Gasteiger partial charge in [0.1, 0.15) is 0 Å². The normalized spacial score (nSPS) is 27.9. The lowest BCUT2D eigenvalue weighted by Gasteiger charge is -2.29. The van der Waals surface area contributed by atoms with Crippen LogP contribution in [0.5, 0.6) is 0 Å². The van der Waals surface area contributed by atoms with Crippen LogP contribution in [0.1, 0.15) is 59.8 Å². The molecule has 1 amide bonds. The molecule has 3 heteroatoms. The number of amides is 1. The molecule has 0 radical (unpaired) electrons. The van der Waals surface area contributed by atoms with Crippen LogP contribution in [-0.2, 0) is 4.79 Å². The van der Waals surface area contributed by atoms with E-state index in [4.69, 9.17) is 0 Å². The first-order valence-corrected chi connectivity index (χ1v) is 7.30. The summed E-state index contributed by atoms with van der Waals surface area (Å²) in [7, 11) is 0. The average molecular weight is 255 g/mol. The number of hydrogen-bond acceptors (Lipinski definition) is 2. The van der Waals surface area contributed by atoms with E-state index in [9.17, 15) is 9.90 Å². The van der Waals surface area contributed by atoms with Gasteiger partial charge < -0.3 is 10.4 Å². The molecule has 1 saturated carbocycles. The van der Waals surface area contributed by atoms with Gasteiger partial charge in [0.2, 0.25) is 5.91 Å². The van der Waals surface area contributed by atoms with E-state index in [2.05, 4.69) is 12.2 Å². The Labute approximate surface area is 111 Å². The van der Waals surface area contributed by atoms with E-state index in [1.165, 1.54) is 25.7 Å². The van der Waals surface area contributed by atoms with Crippen molar-refractivity contribution in [3.8, 4) is 0 Å². The van der Waals surface area contributed by atoms with Crippen molar-refractivity contribution >= 4 is 5.91 Å². The standard InChI is InChI=1S/C15H29NO2/c1-11(2)15(4,18)10-16-14(17)9-13-7-5-6-12(3)8-13/h11-13,18H,5-10H2,1-4H3,(H,16,17). The Bertz CT molecular complexity index is 274. The Morgan fingerprint density at radius 1 is 1.44 bits per heavy atom. The summed E-state index contributed by atoms with van der Waals surface area (Å²) < 4.78 is 0. The maximum atomic E-state index is 11.9. The van der Waals surface area contributed by atoms with E-state index in [1.54, 1.807) is 6.92 Å². The van der Waals surface area contributed by atoms with Crippen molar-refractivity contribution in [2.45, 2.75) is 65.4 Å². The molecule has 3 atom stereocenters. The van der Waals surface area contributed by atoms with Crippen molar-refractivity contribution in [2.75, 3.05) is 6.54 Å². The Kier molecular flexibility index (Phi) is 5.64. The second kappa shape index (κ2) is 6.55. The Balaban J connectivity index is 2.29. The number of carbonyl (C=O) groups is 1. The van der Waals surface area contributed by atoms with Crippen LogP contribution < -0.4 is 5.32 Å². The predicted molar refractivity (Wildman–Crippen MR) is 74.2 cm³/mol. The summed E-state index contributed by atoms with van der Waals surface area (Å²) in [6.45, 7) is 8.34. The average Bonchev–Trinajstić information content (AvgIpc) is 2.26. The molecule has 3 unspecified atom stereocenters.